The van der Waals surface area contributed by atoms with Gasteiger partial charge in [-0.25, -0.2) is 4.98 Å². The second-order valence-electron chi connectivity index (χ2n) is 4.18. The molecule has 6 nitrogen and oxygen atoms in total. The van der Waals surface area contributed by atoms with Crippen LogP contribution in [0.15, 0.2) is 28.2 Å². The molecule has 0 aliphatic heterocycles. The highest BCUT2D eigenvalue weighted by Crippen LogP contribution is 2.23. The quantitative estimate of drug-likeness (QED) is 0.627. The second-order valence-corrected chi connectivity index (χ2v) is 5.04. The minimum absolute atomic E-state index is 0.250. The van der Waals surface area contributed by atoms with Crippen LogP contribution in [0.3, 0.4) is 0 Å². The number of hydrogen-bond acceptors (Lipinski definition) is 6. The van der Waals surface area contributed by atoms with Gasteiger partial charge in [0.2, 0.25) is 0 Å². The molecule has 112 valence electrons. The van der Waals surface area contributed by atoms with Crippen LogP contribution in [0.25, 0.3) is 10.8 Å². The van der Waals surface area contributed by atoms with Crippen LogP contribution >= 0.6 is 11.3 Å². The smallest absolute Gasteiger partial charge is 0.305 e. The lowest BCUT2D eigenvalue weighted by Gasteiger charge is -2.03. The first-order valence-electron chi connectivity index (χ1n) is 6.64. The van der Waals surface area contributed by atoms with Gasteiger partial charge in [0.05, 0.1) is 12.9 Å². The van der Waals surface area contributed by atoms with Crippen LogP contribution in [-0.4, -0.2) is 30.0 Å². The molecular weight excluding hydrogens is 292 g/mol. The monoisotopic (exact) mass is 308 g/mol. The van der Waals surface area contributed by atoms with E-state index in [9.17, 15) is 9.59 Å². The van der Waals surface area contributed by atoms with Gasteiger partial charge in [0.1, 0.15) is 5.69 Å². The first-order valence-corrected chi connectivity index (χ1v) is 7.52. The van der Waals surface area contributed by atoms with Gasteiger partial charge in [-0.05, 0) is 25.5 Å². The van der Waals surface area contributed by atoms with Crippen molar-refractivity contribution in [3.8, 4) is 10.8 Å². The van der Waals surface area contributed by atoms with Crippen molar-refractivity contribution in [2.24, 2.45) is 0 Å². The summed E-state index contributed by atoms with van der Waals surface area (Å²) in [6.07, 6.45) is 2.40. The Labute approximate surface area is 126 Å². The molecule has 2 rings (SSSR count). The maximum Gasteiger partial charge on any atom is 0.305 e. The van der Waals surface area contributed by atoms with Gasteiger partial charge in [-0.15, -0.1) is 11.3 Å². The molecule has 0 unspecified atom stereocenters. The summed E-state index contributed by atoms with van der Waals surface area (Å²) >= 11 is 1.35. The number of ether oxygens (including phenoxy) is 1. The molecule has 0 bridgehead atoms. The molecule has 7 heteroatoms. The minimum atomic E-state index is -0.257. The maximum atomic E-state index is 11.9. The molecule has 0 atom stereocenters. The molecule has 0 aliphatic rings. The van der Waals surface area contributed by atoms with Gasteiger partial charge in [-0.1, -0.05) is 0 Å². The average molecular weight is 308 g/mol. The average Bonchev–Trinajstić information content (AvgIpc) is 3.13. The molecule has 0 saturated carbocycles. The standard InChI is InChI=1S/C14H16N2O4S/c1-2-19-12(17)6-3-7-15-13(18)10-9-21-14(16-10)11-5-4-8-20-11/h4-5,8-9H,2-3,6-7H2,1H3,(H,15,18). The summed E-state index contributed by atoms with van der Waals surface area (Å²) in [5, 5.41) is 5.06. The van der Waals surface area contributed by atoms with Crippen LogP contribution in [0.1, 0.15) is 30.3 Å². The van der Waals surface area contributed by atoms with E-state index in [1.54, 1.807) is 30.7 Å². The topological polar surface area (TPSA) is 81.4 Å². The van der Waals surface area contributed by atoms with E-state index in [-0.39, 0.29) is 11.9 Å². The number of nitrogens with zero attached hydrogens (tertiary/aromatic N) is 1. The number of thiazole rings is 1. The Morgan fingerprint density at radius 3 is 3.05 bits per heavy atom. The molecule has 0 spiro atoms. The Morgan fingerprint density at radius 2 is 2.33 bits per heavy atom. The van der Waals surface area contributed by atoms with E-state index in [2.05, 4.69) is 10.3 Å². The Morgan fingerprint density at radius 1 is 1.48 bits per heavy atom. The van der Waals surface area contributed by atoms with Crippen molar-refractivity contribution in [2.75, 3.05) is 13.2 Å². The van der Waals surface area contributed by atoms with E-state index in [1.165, 1.54) is 11.3 Å². The zero-order valence-electron chi connectivity index (χ0n) is 11.6. The normalized spacial score (nSPS) is 10.3. The molecule has 0 aliphatic carbocycles. The van der Waals surface area contributed by atoms with Crippen molar-refractivity contribution in [2.45, 2.75) is 19.8 Å². The fourth-order valence-corrected chi connectivity index (χ4v) is 2.42. The van der Waals surface area contributed by atoms with E-state index < -0.39 is 0 Å². The van der Waals surface area contributed by atoms with Gasteiger partial charge < -0.3 is 14.5 Å². The van der Waals surface area contributed by atoms with Gasteiger partial charge in [-0.3, -0.25) is 9.59 Å². The largest absolute Gasteiger partial charge is 0.466 e. The number of aromatic nitrogens is 1. The van der Waals surface area contributed by atoms with Crippen LogP contribution < -0.4 is 5.32 Å². The van der Waals surface area contributed by atoms with Crippen molar-refractivity contribution >= 4 is 23.2 Å². The summed E-state index contributed by atoms with van der Waals surface area (Å²) in [5.74, 6) is 0.134. The van der Waals surface area contributed by atoms with E-state index in [0.717, 1.165) is 0 Å². The summed E-state index contributed by atoms with van der Waals surface area (Å²) in [6, 6.07) is 3.56. The van der Waals surface area contributed by atoms with Crippen molar-refractivity contribution in [1.29, 1.82) is 0 Å². The van der Waals surface area contributed by atoms with Gasteiger partial charge in [0, 0.05) is 18.3 Å². The van der Waals surface area contributed by atoms with Crippen LogP contribution in [0.4, 0.5) is 0 Å². The Bertz CT molecular complexity index is 592. The molecular formula is C14H16N2O4S. The summed E-state index contributed by atoms with van der Waals surface area (Å²) in [4.78, 5) is 27.2. The number of hydrogen-bond donors (Lipinski definition) is 1. The predicted octanol–water partition coefficient (Wildman–Crippen LogP) is 2.48. The molecule has 2 aromatic rings. The van der Waals surface area contributed by atoms with Gasteiger partial charge >= 0.3 is 5.97 Å². The van der Waals surface area contributed by atoms with Gasteiger partial charge in [-0.2, -0.15) is 0 Å². The third kappa shape index (κ3) is 4.42. The molecule has 1 amide bonds. The van der Waals surface area contributed by atoms with Crippen molar-refractivity contribution in [1.82, 2.24) is 10.3 Å². The zero-order valence-corrected chi connectivity index (χ0v) is 12.4. The van der Waals surface area contributed by atoms with Crippen LogP contribution in [0, 0.1) is 0 Å². The van der Waals surface area contributed by atoms with Crippen molar-refractivity contribution in [3.63, 3.8) is 0 Å². The van der Waals surface area contributed by atoms with Crippen LogP contribution in [0.5, 0.6) is 0 Å². The van der Waals surface area contributed by atoms with Crippen LogP contribution in [0.2, 0.25) is 0 Å². The van der Waals surface area contributed by atoms with E-state index in [0.29, 0.717) is 42.5 Å². The number of carbonyl (C=O) groups excluding carboxylic acids is 2. The third-order valence-corrected chi connectivity index (χ3v) is 3.47. The van der Waals surface area contributed by atoms with E-state index in [4.69, 9.17) is 9.15 Å². The first kappa shape index (κ1) is 15.2. The highest BCUT2D eigenvalue weighted by molar-refractivity contribution is 7.13. The summed E-state index contributed by atoms with van der Waals surface area (Å²) in [7, 11) is 0. The molecule has 2 heterocycles. The number of amides is 1. The van der Waals surface area contributed by atoms with E-state index in [1.807, 2.05) is 0 Å². The number of nitrogens with one attached hydrogen (secondary N) is 1. The highest BCUT2D eigenvalue weighted by atomic mass is 32.1. The second kappa shape index (κ2) is 7.58. The number of carbonyl (C=O) groups is 2. The fourth-order valence-electron chi connectivity index (χ4n) is 1.65. The number of rotatable bonds is 7. The molecule has 21 heavy (non-hydrogen) atoms. The number of esters is 1. The summed E-state index contributed by atoms with van der Waals surface area (Å²) in [5.41, 5.74) is 0.350. The zero-order chi connectivity index (χ0) is 15.1. The molecule has 0 aromatic carbocycles. The van der Waals surface area contributed by atoms with E-state index >= 15 is 0 Å². The summed E-state index contributed by atoms with van der Waals surface area (Å²) < 4.78 is 10.0. The molecule has 0 fully saturated rings. The lowest BCUT2D eigenvalue weighted by atomic mass is 10.3. The fraction of sp³-hybridized carbons (Fsp3) is 0.357. The molecule has 1 N–H and O–H groups in total. The first-order chi connectivity index (χ1) is 10.2. The Balaban J connectivity index is 1.78. The predicted molar refractivity (Wildman–Crippen MR) is 78.0 cm³/mol. The Hall–Kier alpha value is -2.15. The lowest BCUT2D eigenvalue weighted by molar-refractivity contribution is -0.143. The van der Waals surface area contributed by atoms with Gasteiger partial charge in [0.25, 0.3) is 5.91 Å². The van der Waals surface area contributed by atoms with Crippen molar-refractivity contribution < 1.29 is 18.7 Å². The highest BCUT2D eigenvalue weighted by Gasteiger charge is 2.12. The molecule has 0 saturated heterocycles. The molecule has 2 aromatic heterocycles. The van der Waals surface area contributed by atoms with Crippen LogP contribution in [-0.2, 0) is 9.53 Å². The molecule has 0 radical (unpaired) electrons. The third-order valence-electron chi connectivity index (χ3n) is 2.62. The summed E-state index contributed by atoms with van der Waals surface area (Å²) in [6.45, 7) is 2.54. The number of furan rings is 1. The minimum Gasteiger partial charge on any atom is -0.466 e. The maximum absolute atomic E-state index is 11.9. The lowest BCUT2D eigenvalue weighted by Crippen LogP contribution is -2.25. The SMILES string of the molecule is CCOC(=O)CCCNC(=O)c1csc(-c2ccco2)n1. The van der Waals surface area contributed by atoms with Gasteiger partial charge in [0.15, 0.2) is 10.8 Å². The van der Waals surface area contributed by atoms with Crippen molar-refractivity contribution in [3.05, 3.63) is 29.5 Å². The Kier molecular flexibility index (Phi) is 5.51.